The number of para-hydroxylation sites is 1. The number of anilines is 1. The first-order valence-corrected chi connectivity index (χ1v) is 12.2. The molecule has 1 fully saturated rings. The van der Waals surface area contributed by atoms with Gasteiger partial charge in [-0.1, -0.05) is 53.4 Å². The predicted octanol–water partition coefficient (Wildman–Crippen LogP) is 5.58. The molecule has 0 bridgehead atoms. The lowest BCUT2D eigenvalue weighted by Crippen LogP contribution is -2.65. The highest BCUT2D eigenvalue weighted by molar-refractivity contribution is 9.10. The van der Waals surface area contributed by atoms with Crippen LogP contribution < -0.4 is 10.2 Å². The van der Waals surface area contributed by atoms with Crippen molar-refractivity contribution >= 4 is 44.3 Å². The van der Waals surface area contributed by atoms with Gasteiger partial charge in [-0.3, -0.25) is 14.5 Å². The molecule has 1 aromatic heterocycles. The van der Waals surface area contributed by atoms with Gasteiger partial charge in [0.05, 0.1) is 6.54 Å². The number of carbonyl (C=O) groups excluding carboxylic acids is 2. The van der Waals surface area contributed by atoms with Gasteiger partial charge in [0.1, 0.15) is 11.2 Å². The van der Waals surface area contributed by atoms with E-state index in [-0.39, 0.29) is 17.9 Å². The summed E-state index contributed by atoms with van der Waals surface area (Å²) in [5.41, 5.74) is 2.34. The van der Waals surface area contributed by atoms with Gasteiger partial charge < -0.3 is 9.88 Å². The minimum atomic E-state index is -1.04. The maximum atomic E-state index is 13.9. The fourth-order valence-corrected chi connectivity index (χ4v) is 5.45. The molecule has 5 nitrogen and oxygen atoms in total. The molecule has 1 saturated carbocycles. The number of amides is 2. The Kier molecular flexibility index (Phi) is 5.36. The van der Waals surface area contributed by atoms with Crippen molar-refractivity contribution in [3.63, 3.8) is 0 Å². The van der Waals surface area contributed by atoms with Gasteiger partial charge in [-0.05, 0) is 62.6 Å². The molecule has 0 radical (unpaired) electrons. The fraction of sp³-hybridized carbons (Fsp3) is 0.385. The first-order valence-electron chi connectivity index (χ1n) is 11.4. The molecule has 6 heteroatoms. The lowest BCUT2D eigenvalue weighted by Gasteiger charge is -2.45. The van der Waals surface area contributed by atoms with Gasteiger partial charge >= 0.3 is 0 Å². The van der Waals surface area contributed by atoms with Crippen LogP contribution in [0.5, 0.6) is 0 Å². The van der Waals surface area contributed by atoms with Crippen LogP contribution in [0, 0.1) is 6.92 Å². The molecule has 3 aromatic rings. The van der Waals surface area contributed by atoms with E-state index in [4.69, 9.17) is 0 Å². The van der Waals surface area contributed by atoms with Gasteiger partial charge in [0.15, 0.2) is 0 Å². The van der Waals surface area contributed by atoms with Crippen LogP contribution in [-0.4, -0.2) is 28.0 Å². The molecule has 2 heterocycles. The number of hydrogen-bond acceptors (Lipinski definition) is 2. The molecule has 5 rings (SSSR count). The standard InChI is InChI=1S/C26H28BrN3O2/c1-17-14-20(12-13-21(17)27)30-24(31)23-15-18-8-6-7-11-22(18)29(23)16-26(30,2)25(32)28-19-9-4-3-5-10-19/h6-8,11-15,19H,3-5,9-10,16H2,1-2H3,(H,28,32)/t26-/m1/s1. The number of nitrogens with one attached hydrogen (secondary N) is 1. The second kappa shape index (κ2) is 8.07. The van der Waals surface area contributed by atoms with Gasteiger partial charge in [-0.2, -0.15) is 0 Å². The monoisotopic (exact) mass is 493 g/mol. The second-order valence-corrected chi connectivity index (χ2v) is 10.2. The van der Waals surface area contributed by atoms with Crippen LogP contribution in [-0.2, 0) is 11.3 Å². The molecule has 1 aliphatic carbocycles. The number of halogens is 1. The predicted molar refractivity (Wildman–Crippen MR) is 131 cm³/mol. The molecule has 0 spiro atoms. The number of benzene rings is 2. The average Bonchev–Trinajstić information content (AvgIpc) is 3.15. The SMILES string of the molecule is Cc1cc(N2C(=O)c3cc4ccccc4n3C[C@]2(C)C(=O)NC2CCCCC2)ccc1Br. The van der Waals surface area contributed by atoms with Crippen LogP contribution in [0.3, 0.4) is 0 Å². The summed E-state index contributed by atoms with van der Waals surface area (Å²) < 4.78 is 2.99. The Morgan fingerprint density at radius 2 is 1.84 bits per heavy atom. The lowest BCUT2D eigenvalue weighted by molar-refractivity contribution is -0.127. The molecule has 0 saturated heterocycles. The molecule has 0 unspecified atom stereocenters. The van der Waals surface area contributed by atoms with E-state index in [1.165, 1.54) is 6.42 Å². The lowest BCUT2D eigenvalue weighted by atomic mass is 9.91. The molecule has 2 amide bonds. The van der Waals surface area contributed by atoms with Gasteiger partial charge in [-0.25, -0.2) is 0 Å². The first kappa shape index (κ1) is 21.3. The van der Waals surface area contributed by atoms with Crippen LogP contribution in [0.1, 0.15) is 55.1 Å². The number of nitrogens with zero attached hydrogens (tertiary/aromatic N) is 2. The number of carbonyl (C=O) groups is 2. The van der Waals surface area contributed by atoms with E-state index >= 15 is 0 Å². The summed E-state index contributed by atoms with van der Waals surface area (Å²) in [6, 6.07) is 15.9. The second-order valence-electron chi connectivity index (χ2n) is 9.33. The fourth-order valence-electron chi connectivity index (χ4n) is 5.21. The highest BCUT2D eigenvalue weighted by atomic mass is 79.9. The maximum absolute atomic E-state index is 13.9. The zero-order valence-electron chi connectivity index (χ0n) is 18.5. The third-order valence-electron chi connectivity index (χ3n) is 7.02. The number of aromatic nitrogens is 1. The van der Waals surface area contributed by atoms with Crippen LogP contribution in [0.2, 0.25) is 0 Å². The minimum Gasteiger partial charge on any atom is -0.351 e. The quantitative estimate of drug-likeness (QED) is 0.517. The van der Waals surface area contributed by atoms with Crippen LogP contribution in [0.15, 0.2) is 53.0 Å². The third kappa shape index (κ3) is 3.45. The molecule has 2 aliphatic rings. The van der Waals surface area contributed by atoms with Crippen molar-refractivity contribution in [3.05, 3.63) is 64.3 Å². The molecule has 2 aromatic carbocycles. The average molecular weight is 494 g/mol. The van der Waals surface area contributed by atoms with Crippen LogP contribution in [0.25, 0.3) is 10.9 Å². The zero-order chi connectivity index (χ0) is 22.5. The van der Waals surface area contributed by atoms with E-state index in [2.05, 4.69) is 21.2 Å². The summed E-state index contributed by atoms with van der Waals surface area (Å²) in [4.78, 5) is 29.4. The van der Waals surface area contributed by atoms with E-state index < -0.39 is 5.54 Å². The number of hydrogen-bond donors (Lipinski definition) is 1. The Hall–Kier alpha value is -2.60. The van der Waals surface area contributed by atoms with Gasteiger partial charge in [0.25, 0.3) is 5.91 Å². The van der Waals surface area contributed by atoms with Crippen molar-refractivity contribution in [1.29, 1.82) is 0 Å². The molecule has 1 atom stereocenters. The molecular weight excluding hydrogens is 466 g/mol. The maximum Gasteiger partial charge on any atom is 0.275 e. The Bertz CT molecular complexity index is 1210. The normalized spacial score (nSPS) is 21.6. The summed E-state index contributed by atoms with van der Waals surface area (Å²) in [5.74, 6) is -0.225. The molecule has 166 valence electrons. The van der Waals surface area contributed by atoms with E-state index in [0.29, 0.717) is 12.2 Å². The highest BCUT2D eigenvalue weighted by Gasteiger charge is 2.49. The van der Waals surface area contributed by atoms with Crippen molar-refractivity contribution in [2.24, 2.45) is 0 Å². The third-order valence-corrected chi connectivity index (χ3v) is 7.91. The van der Waals surface area contributed by atoms with E-state index in [1.807, 2.05) is 66.9 Å². The van der Waals surface area contributed by atoms with Gasteiger partial charge in [0.2, 0.25) is 5.91 Å². The molecule has 1 aliphatic heterocycles. The molecule has 32 heavy (non-hydrogen) atoms. The van der Waals surface area contributed by atoms with Crippen molar-refractivity contribution in [2.45, 2.75) is 64.1 Å². The van der Waals surface area contributed by atoms with Gasteiger partial charge in [0, 0.05) is 27.1 Å². The summed E-state index contributed by atoms with van der Waals surface area (Å²) in [5, 5.41) is 4.30. The molecular formula is C26H28BrN3O2. The zero-order valence-corrected chi connectivity index (χ0v) is 20.1. The van der Waals surface area contributed by atoms with Crippen LogP contribution in [0.4, 0.5) is 5.69 Å². The Morgan fingerprint density at radius 3 is 2.59 bits per heavy atom. The number of fused-ring (bicyclic) bond motifs is 3. The summed E-state index contributed by atoms with van der Waals surface area (Å²) in [7, 11) is 0. The van der Waals surface area contributed by atoms with Crippen molar-refractivity contribution in [3.8, 4) is 0 Å². The Labute approximate surface area is 196 Å². The summed E-state index contributed by atoms with van der Waals surface area (Å²) in [6.07, 6.45) is 5.52. The van der Waals surface area contributed by atoms with E-state index in [1.54, 1.807) is 4.90 Å². The summed E-state index contributed by atoms with van der Waals surface area (Å²) >= 11 is 3.55. The highest BCUT2D eigenvalue weighted by Crippen LogP contribution is 2.37. The Balaban J connectivity index is 1.62. The molecule has 1 N–H and O–H groups in total. The topological polar surface area (TPSA) is 54.3 Å². The van der Waals surface area contributed by atoms with E-state index in [0.717, 1.165) is 52.3 Å². The van der Waals surface area contributed by atoms with Crippen LogP contribution >= 0.6 is 15.9 Å². The Morgan fingerprint density at radius 1 is 1.09 bits per heavy atom. The smallest absolute Gasteiger partial charge is 0.275 e. The van der Waals surface area contributed by atoms with Crippen molar-refractivity contribution in [1.82, 2.24) is 9.88 Å². The summed E-state index contributed by atoms with van der Waals surface area (Å²) in [6.45, 7) is 4.31. The first-order chi connectivity index (χ1) is 15.4. The van der Waals surface area contributed by atoms with E-state index in [9.17, 15) is 9.59 Å². The number of aryl methyl sites for hydroxylation is 1. The van der Waals surface area contributed by atoms with Crippen molar-refractivity contribution < 1.29 is 9.59 Å². The largest absolute Gasteiger partial charge is 0.351 e. The van der Waals surface area contributed by atoms with Crippen molar-refractivity contribution in [2.75, 3.05) is 4.90 Å². The van der Waals surface area contributed by atoms with Gasteiger partial charge in [-0.15, -0.1) is 0 Å². The number of rotatable bonds is 3. The minimum absolute atomic E-state index is 0.0817.